The highest BCUT2D eigenvalue weighted by atomic mass is 16.7. The maximum absolute atomic E-state index is 13.4. The lowest BCUT2D eigenvalue weighted by atomic mass is 9.76. The number of hydrogen-bond acceptors (Lipinski definition) is 16. The van der Waals surface area contributed by atoms with Gasteiger partial charge in [0.15, 0.2) is 18.0 Å². The third-order valence-corrected chi connectivity index (χ3v) is 9.50. The van der Waals surface area contributed by atoms with Gasteiger partial charge < -0.3 is 83.8 Å². The monoisotopic (exact) mass is 674 g/mol. The SMILES string of the molecule is CN[C@@H]1[C@@H](O)[C@@H](O[C@H]2[C@H](CC(=O)C3(O)CC3N=C(N)N)C[C@H](N)C(O[C@H]3OC(CN)=CC[C@H]3NCC(O)CCN)[C@@H]2O)OC[C@]1(C)O. The second kappa shape index (κ2) is 15.7. The van der Waals surface area contributed by atoms with E-state index in [1.54, 1.807) is 7.05 Å². The normalized spacial score (nSPS) is 42.6. The number of guanidine groups is 1. The fourth-order valence-electron chi connectivity index (χ4n) is 6.73. The van der Waals surface area contributed by atoms with Crippen LogP contribution in [0.4, 0.5) is 0 Å². The molecule has 0 aromatic carbocycles. The van der Waals surface area contributed by atoms with Crippen LogP contribution in [0.5, 0.6) is 0 Å². The number of Topliss-reactive ketones (excluding diaryl/α,β-unsaturated/α-hetero) is 1. The summed E-state index contributed by atoms with van der Waals surface area (Å²) in [5, 5.41) is 60.9. The topological polar surface area (TPSA) is 322 Å². The molecule has 18 nitrogen and oxygen atoms in total. The van der Waals surface area contributed by atoms with Crippen molar-refractivity contribution in [3.63, 3.8) is 0 Å². The number of carbonyl (C=O) groups is 1. The highest BCUT2D eigenvalue weighted by molar-refractivity contribution is 5.92. The van der Waals surface area contributed by atoms with Crippen molar-refractivity contribution in [3.8, 4) is 0 Å². The Morgan fingerprint density at radius 3 is 2.51 bits per heavy atom. The molecule has 2 saturated carbocycles. The first-order chi connectivity index (χ1) is 22.1. The predicted octanol–water partition coefficient (Wildman–Crippen LogP) is -5.49. The van der Waals surface area contributed by atoms with Gasteiger partial charge in [0.25, 0.3) is 0 Å². The van der Waals surface area contributed by atoms with Gasteiger partial charge in [-0.2, -0.15) is 0 Å². The molecule has 0 amide bonds. The van der Waals surface area contributed by atoms with E-state index in [9.17, 15) is 30.3 Å². The maximum Gasteiger partial charge on any atom is 0.215 e. The number of carbonyl (C=O) groups excluding carboxylic acids is 1. The zero-order chi connectivity index (χ0) is 34.7. The van der Waals surface area contributed by atoms with Crippen LogP contribution in [0.25, 0.3) is 0 Å². The molecule has 270 valence electrons. The van der Waals surface area contributed by atoms with Crippen molar-refractivity contribution < 1.29 is 49.3 Å². The number of aliphatic hydroxyl groups excluding tert-OH is 3. The molecule has 2 aliphatic heterocycles. The van der Waals surface area contributed by atoms with Gasteiger partial charge in [0, 0.05) is 25.4 Å². The van der Waals surface area contributed by atoms with Gasteiger partial charge >= 0.3 is 0 Å². The van der Waals surface area contributed by atoms with Crippen molar-refractivity contribution in [2.45, 2.75) is 117 Å². The highest BCUT2D eigenvalue weighted by Gasteiger charge is 2.60. The van der Waals surface area contributed by atoms with E-state index >= 15 is 0 Å². The van der Waals surface area contributed by atoms with E-state index in [-0.39, 0.29) is 44.9 Å². The molecule has 1 saturated heterocycles. The Morgan fingerprint density at radius 1 is 1.17 bits per heavy atom. The van der Waals surface area contributed by atoms with E-state index in [2.05, 4.69) is 15.6 Å². The van der Waals surface area contributed by atoms with E-state index in [1.807, 2.05) is 6.08 Å². The molecule has 2 aliphatic carbocycles. The maximum atomic E-state index is 13.4. The van der Waals surface area contributed by atoms with Gasteiger partial charge in [0.05, 0.1) is 43.5 Å². The van der Waals surface area contributed by atoms with E-state index in [1.165, 1.54) is 6.92 Å². The number of ether oxygens (including phenoxy) is 4. The molecule has 3 fully saturated rings. The Balaban J connectivity index is 1.56. The number of aliphatic imine (C=N–C) groups is 1. The number of ketones is 1. The standard InChI is InChI=1S/C29H54N8O10/c1-28(42)12-44-26(21(41)24(28)35-2)46-22-13(8-19(39)29(43)9-18(29)37-27(33)34)7-16(32)23(20(22)40)47-25-17(4-3-15(10-31)45-25)36-11-14(38)5-6-30/h3,13-14,16-18,20-26,35-36,38,40-43H,4-12,30-32H2,1-2H3,(H4,33,34,37)/t13-,14?,16-,17+,18?,20+,21+,22-,23?,24+,25+,26+,28-,29?/m0/s1. The Kier molecular flexibility index (Phi) is 12.6. The lowest BCUT2D eigenvalue weighted by molar-refractivity contribution is -0.308. The summed E-state index contributed by atoms with van der Waals surface area (Å²) in [5.74, 6) is -1.09. The lowest BCUT2D eigenvalue weighted by Gasteiger charge is -2.49. The number of hydrogen-bond donors (Lipinski definition) is 12. The summed E-state index contributed by atoms with van der Waals surface area (Å²) in [7, 11) is 1.57. The van der Waals surface area contributed by atoms with Crippen LogP contribution in [0.1, 0.15) is 39.0 Å². The van der Waals surface area contributed by atoms with Crippen LogP contribution in [0.3, 0.4) is 0 Å². The van der Waals surface area contributed by atoms with Crippen LogP contribution in [-0.2, 0) is 23.7 Å². The molecule has 17 N–H and O–H groups in total. The average molecular weight is 675 g/mol. The Bertz CT molecular complexity index is 1130. The van der Waals surface area contributed by atoms with Crippen molar-refractivity contribution in [1.82, 2.24) is 10.6 Å². The summed E-state index contributed by atoms with van der Waals surface area (Å²) < 4.78 is 24.2. The summed E-state index contributed by atoms with van der Waals surface area (Å²) >= 11 is 0. The van der Waals surface area contributed by atoms with Crippen LogP contribution in [-0.4, -0.2) is 149 Å². The van der Waals surface area contributed by atoms with E-state index < -0.39 is 90.2 Å². The van der Waals surface area contributed by atoms with Gasteiger partial charge in [-0.05, 0) is 51.8 Å². The molecule has 4 unspecified atom stereocenters. The third kappa shape index (κ3) is 8.77. The first kappa shape index (κ1) is 37.8. The Hall–Kier alpha value is -2.04. The van der Waals surface area contributed by atoms with Crippen LogP contribution in [0.15, 0.2) is 16.8 Å². The largest absolute Gasteiger partial charge is 0.467 e. The number of nitrogens with two attached hydrogens (primary N) is 5. The highest BCUT2D eigenvalue weighted by Crippen LogP contribution is 2.43. The van der Waals surface area contributed by atoms with Crippen molar-refractivity contribution in [3.05, 3.63) is 11.8 Å². The molecular formula is C29H54N8O10. The van der Waals surface area contributed by atoms with Crippen LogP contribution < -0.4 is 39.3 Å². The number of rotatable bonds is 15. The van der Waals surface area contributed by atoms with E-state index in [0.29, 0.717) is 25.1 Å². The van der Waals surface area contributed by atoms with Crippen LogP contribution in [0, 0.1) is 5.92 Å². The van der Waals surface area contributed by atoms with Crippen molar-refractivity contribution in [1.29, 1.82) is 0 Å². The number of nitrogens with one attached hydrogen (secondary N) is 2. The Labute approximate surface area is 274 Å². The molecule has 4 aliphatic rings. The molecule has 0 spiro atoms. The zero-order valence-corrected chi connectivity index (χ0v) is 27.0. The van der Waals surface area contributed by atoms with Crippen LogP contribution in [0.2, 0.25) is 0 Å². The minimum atomic E-state index is -1.78. The predicted molar refractivity (Wildman–Crippen MR) is 168 cm³/mol. The van der Waals surface area contributed by atoms with Crippen molar-refractivity contribution in [2.75, 3.05) is 33.3 Å². The number of likely N-dealkylation sites (N-methyl/N-ethyl adjacent to an activating group) is 1. The second-order valence-corrected chi connectivity index (χ2v) is 13.3. The van der Waals surface area contributed by atoms with E-state index in [4.69, 9.17) is 47.6 Å². The number of aliphatic hydroxyl groups is 5. The van der Waals surface area contributed by atoms with Gasteiger partial charge in [0.1, 0.15) is 35.3 Å². The molecule has 0 aromatic heterocycles. The molecule has 2 heterocycles. The summed E-state index contributed by atoms with van der Waals surface area (Å²) in [6.07, 6.45) is -5.55. The Morgan fingerprint density at radius 2 is 1.87 bits per heavy atom. The van der Waals surface area contributed by atoms with Crippen molar-refractivity contribution in [2.24, 2.45) is 39.6 Å². The van der Waals surface area contributed by atoms with E-state index in [0.717, 1.165) is 0 Å². The number of nitrogens with zero attached hydrogens (tertiary/aromatic N) is 1. The fraction of sp³-hybridized carbons (Fsp3) is 0.862. The quantitative estimate of drug-likeness (QED) is 0.0569. The van der Waals surface area contributed by atoms with Gasteiger partial charge in [0.2, 0.25) is 6.29 Å². The third-order valence-electron chi connectivity index (χ3n) is 9.50. The molecule has 18 heteroatoms. The molecule has 0 radical (unpaired) electrons. The lowest BCUT2D eigenvalue weighted by Crippen LogP contribution is -2.67. The van der Waals surface area contributed by atoms with Gasteiger partial charge in [-0.25, -0.2) is 4.99 Å². The molecule has 0 bridgehead atoms. The first-order valence-electron chi connectivity index (χ1n) is 16.1. The fourth-order valence-corrected chi connectivity index (χ4v) is 6.73. The summed E-state index contributed by atoms with van der Waals surface area (Å²) in [6.45, 7) is 1.94. The molecule has 47 heavy (non-hydrogen) atoms. The smallest absolute Gasteiger partial charge is 0.215 e. The van der Waals surface area contributed by atoms with Gasteiger partial charge in [-0.15, -0.1) is 0 Å². The molecule has 0 aromatic rings. The zero-order valence-electron chi connectivity index (χ0n) is 27.0. The molecule has 14 atom stereocenters. The summed E-state index contributed by atoms with van der Waals surface area (Å²) in [4.78, 5) is 17.3. The molecular weight excluding hydrogens is 620 g/mol. The van der Waals surface area contributed by atoms with Crippen LogP contribution >= 0.6 is 0 Å². The summed E-state index contributed by atoms with van der Waals surface area (Å²) in [5.41, 5.74) is 25.7. The molecule has 4 rings (SSSR count). The second-order valence-electron chi connectivity index (χ2n) is 13.3. The van der Waals surface area contributed by atoms with Gasteiger partial charge in [-0.3, -0.25) is 4.79 Å². The van der Waals surface area contributed by atoms with Crippen molar-refractivity contribution >= 4 is 11.7 Å². The average Bonchev–Trinajstić information content (AvgIpc) is 3.66. The van der Waals surface area contributed by atoms with Gasteiger partial charge in [-0.1, -0.05) is 0 Å². The minimum Gasteiger partial charge on any atom is -0.467 e. The summed E-state index contributed by atoms with van der Waals surface area (Å²) in [6, 6.07) is -2.91. The minimum absolute atomic E-state index is 0.0378. The first-order valence-corrected chi connectivity index (χ1v) is 16.1.